The third-order valence-electron chi connectivity index (χ3n) is 5.20. The molecule has 1 rings (SSSR count). The minimum atomic E-state index is -1.19. The van der Waals surface area contributed by atoms with Crippen LogP contribution in [0.15, 0.2) is 30.3 Å². The molecule has 0 fully saturated rings. The van der Waals surface area contributed by atoms with E-state index in [1.807, 2.05) is 51.1 Å². The van der Waals surface area contributed by atoms with Gasteiger partial charge in [0.2, 0.25) is 5.91 Å². The average Bonchev–Trinajstić information content (AvgIpc) is 2.73. The summed E-state index contributed by atoms with van der Waals surface area (Å²) >= 11 is 5.48. The molecule has 3 atom stereocenters. The molecule has 1 aromatic rings. The lowest BCUT2D eigenvalue weighted by molar-refractivity contribution is -0.144. The van der Waals surface area contributed by atoms with Gasteiger partial charge in [-0.25, -0.2) is 9.59 Å². The summed E-state index contributed by atoms with van der Waals surface area (Å²) < 4.78 is 5.27. The largest absolute Gasteiger partial charge is 0.480 e. The van der Waals surface area contributed by atoms with Gasteiger partial charge in [-0.2, -0.15) is 0 Å². The van der Waals surface area contributed by atoms with Gasteiger partial charge in [-0.05, 0) is 31.2 Å². The predicted octanol–water partition coefficient (Wildman–Crippen LogP) is 3.25. The van der Waals surface area contributed by atoms with E-state index in [1.165, 1.54) is 0 Å². The quantitative estimate of drug-likeness (QED) is 0.371. The highest BCUT2D eigenvalue weighted by Gasteiger charge is 2.35. The molecule has 0 radical (unpaired) electrons. The van der Waals surface area contributed by atoms with E-state index in [0.717, 1.165) is 5.56 Å². The van der Waals surface area contributed by atoms with Gasteiger partial charge < -0.3 is 25.8 Å². The summed E-state index contributed by atoms with van der Waals surface area (Å²) in [4.78, 5) is 36.9. The Morgan fingerprint density at radius 1 is 1.06 bits per heavy atom. The molecule has 8 nitrogen and oxygen atoms in total. The summed E-state index contributed by atoms with van der Waals surface area (Å²) in [5.74, 6) is -1.90. The number of carboxylic acid groups (broad SMARTS) is 1. The van der Waals surface area contributed by atoms with E-state index >= 15 is 0 Å². The number of alkyl carbamates (subject to hydrolysis) is 1. The third kappa shape index (κ3) is 8.45. The van der Waals surface area contributed by atoms with E-state index < -0.39 is 35.6 Å². The molecule has 0 aliphatic carbocycles. The van der Waals surface area contributed by atoms with E-state index in [1.54, 1.807) is 20.8 Å². The van der Waals surface area contributed by atoms with E-state index in [-0.39, 0.29) is 23.4 Å². The van der Waals surface area contributed by atoms with Crippen LogP contribution in [0.5, 0.6) is 0 Å². The van der Waals surface area contributed by atoms with Gasteiger partial charge in [-0.3, -0.25) is 4.79 Å². The topological polar surface area (TPSA) is 117 Å². The number of aliphatic carboxylic acids is 1. The molecule has 4 N–H and O–H groups in total. The molecule has 0 aromatic heterocycles. The summed E-state index contributed by atoms with van der Waals surface area (Å²) in [5.41, 5.74) is -0.336. The van der Waals surface area contributed by atoms with Crippen LogP contribution in [0.2, 0.25) is 0 Å². The van der Waals surface area contributed by atoms with Crippen LogP contribution in [0.3, 0.4) is 0 Å². The molecule has 0 aliphatic heterocycles. The van der Waals surface area contributed by atoms with Crippen LogP contribution in [0.1, 0.15) is 53.5 Å². The number of carbonyl (C=O) groups is 3. The smallest absolute Gasteiger partial charge is 0.408 e. The molecule has 2 amide bonds. The molecule has 178 valence electrons. The molecular formula is C23H35N3O5S. The molecule has 1 aromatic carbocycles. The first kappa shape index (κ1) is 27.4. The van der Waals surface area contributed by atoms with Gasteiger partial charge in [0.15, 0.2) is 0 Å². The van der Waals surface area contributed by atoms with Crippen LogP contribution in [0.4, 0.5) is 4.79 Å². The monoisotopic (exact) mass is 465 g/mol. The fraction of sp³-hybridized carbons (Fsp3) is 0.565. The van der Waals surface area contributed by atoms with Crippen molar-refractivity contribution in [3.8, 4) is 0 Å². The lowest BCUT2D eigenvalue weighted by Gasteiger charge is -2.33. The van der Waals surface area contributed by atoms with E-state index in [0.29, 0.717) is 6.42 Å². The summed E-state index contributed by atoms with van der Waals surface area (Å²) in [5, 5.41) is 17.7. The molecule has 0 aliphatic rings. The van der Waals surface area contributed by atoms with Crippen molar-refractivity contribution in [2.45, 2.75) is 72.2 Å². The number of carbonyl (C=O) groups excluding carboxylic acids is 2. The Kier molecular flexibility index (Phi) is 10.6. The van der Waals surface area contributed by atoms with Crippen molar-refractivity contribution in [3.63, 3.8) is 0 Å². The first-order chi connectivity index (χ1) is 14.9. The summed E-state index contributed by atoms with van der Waals surface area (Å²) in [6.07, 6.45) is -0.0183. The summed E-state index contributed by atoms with van der Waals surface area (Å²) in [7, 11) is 0. The molecule has 32 heavy (non-hydrogen) atoms. The van der Waals surface area contributed by atoms with Crippen LogP contribution in [0, 0.1) is 11.8 Å². The minimum Gasteiger partial charge on any atom is -0.480 e. The van der Waals surface area contributed by atoms with Gasteiger partial charge in [0.25, 0.3) is 0 Å². The van der Waals surface area contributed by atoms with Gasteiger partial charge >= 0.3 is 12.1 Å². The van der Waals surface area contributed by atoms with Crippen molar-refractivity contribution >= 4 is 35.2 Å². The van der Waals surface area contributed by atoms with Crippen LogP contribution >= 0.6 is 12.2 Å². The normalized spacial score (nSPS) is 14.1. The molecule has 0 heterocycles. The Labute approximate surface area is 195 Å². The summed E-state index contributed by atoms with van der Waals surface area (Å²) in [6.45, 7) is 10.7. The Morgan fingerprint density at radius 2 is 1.66 bits per heavy atom. The Balaban J connectivity index is 2.77. The number of benzene rings is 1. The molecule has 9 heteroatoms. The van der Waals surface area contributed by atoms with Gasteiger partial charge in [0.1, 0.15) is 18.2 Å². The second-order valence-corrected chi connectivity index (χ2v) is 9.16. The molecule has 0 saturated heterocycles. The van der Waals surface area contributed by atoms with Crippen LogP contribution in [0.25, 0.3) is 0 Å². The fourth-order valence-electron chi connectivity index (χ4n) is 2.87. The minimum absolute atomic E-state index is 0.0787. The number of amides is 2. The van der Waals surface area contributed by atoms with Crippen molar-refractivity contribution in [1.29, 1.82) is 0 Å². The zero-order valence-corrected chi connectivity index (χ0v) is 20.4. The Hall–Kier alpha value is -2.68. The maximum Gasteiger partial charge on any atom is 0.408 e. The Bertz CT molecular complexity index is 798. The zero-order valence-electron chi connectivity index (χ0n) is 19.6. The van der Waals surface area contributed by atoms with E-state index in [2.05, 4.69) is 16.0 Å². The first-order valence-corrected chi connectivity index (χ1v) is 11.1. The van der Waals surface area contributed by atoms with Crippen LogP contribution in [-0.4, -0.2) is 45.7 Å². The van der Waals surface area contributed by atoms with Crippen molar-refractivity contribution in [2.24, 2.45) is 11.8 Å². The highest BCUT2D eigenvalue weighted by atomic mass is 32.1. The number of hydrogen-bond acceptors (Lipinski definition) is 5. The lowest BCUT2D eigenvalue weighted by Crippen LogP contribution is -2.61. The number of hydrogen-bond donors (Lipinski definition) is 4. The maximum absolute atomic E-state index is 12.8. The number of rotatable bonds is 11. The van der Waals surface area contributed by atoms with Gasteiger partial charge in [-0.15, -0.1) is 0 Å². The van der Waals surface area contributed by atoms with Gasteiger partial charge in [0, 0.05) is 0 Å². The van der Waals surface area contributed by atoms with E-state index in [4.69, 9.17) is 17.0 Å². The van der Waals surface area contributed by atoms with Crippen molar-refractivity contribution < 1.29 is 24.2 Å². The van der Waals surface area contributed by atoms with Crippen molar-refractivity contribution in [3.05, 3.63) is 35.9 Å². The van der Waals surface area contributed by atoms with E-state index in [9.17, 15) is 19.5 Å². The van der Waals surface area contributed by atoms with Crippen molar-refractivity contribution in [1.82, 2.24) is 16.0 Å². The number of ether oxygens (including phenoxy) is 1. The molecular weight excluding hydrogens is 430 g/mol. The van der Waals surface area contributed by atoms with Crippen LogP contribution < -0.4 is 16.0 Å². The predicted molar refractivity (Wildman–Crippen MR) is 127 cm³/mol. The van der Waals surface area contributed by atoms with Gasteiger partial charge in [0.05, 0.1) is 11.0 Å². The molecule has 0 unspecified atom stereocenters. The zero-order chi connectivity index (χ0) is 24.5. The first-order valence-electron chi connectivity index (χ1n) is 10.7. The highest BCUT2D eigenvalue weighted by molar-refractivity contribution is 7.80. The number of thiocarbonyl (C=S) groups is 1. The maximum atomic E-state index is 12.8. The molecule has 0 spiro atoms. The summed E-state index contributed by atoms with van der Waals surface area (Å²) in [6, 6.07) is 7.71. The third-order valence-corrected chi connectivity index (χ3v) is 5.56. The fourth-order valence-corrected chi connectivity index (χ4v) is 3.46. The highest BCUT2D eigenvalue weighted by Crippen LogP contribution is 2.13. The second kappa shape index (κ2) is 12.4. The average molecular weight is 466 g/mol. The lowest BCUT2D eigenvalue weighted by atomic mass is 9.96. The second-order valence-electron chi connectivity index (χ2n) is 8.72. The Morgan fingerprint density at radius 3 is 2.16 bits per heavy atom. The van der Waals surface area contributed by atoms with Crippen molar-refractivity contribution in [2.75, 3.05) is 0 Å². The molecule has 0 saturated carbocycles. The van der Waals surface area contributed by atoms with Gasteiger partial charge in [-0.1, -0.05) is 76.7 Å². The van der Waals surface area contributed by atoms with Crippen LogP contribution in [-0.2, 0) is 20.9 Å². The SMILES string of the molecule is CC[C@H](C)[C@H](NC(=O)C(C)(C)NC(=S)[C@@H](NC(=O)OCc1ccccc1)C(C)C)C(=O)O. The standard InChI is InChI=1S/C23H35N3O5S/c1-7-15(4)18(20(27)28)24-21(29)23(5,6)26-19(32)17(14(2)3)25-22(30)31-13-16-11-9-8-10-12-16/h8-12,14-15,17-18H,7,13H2,1-6H3,(H,24,29)(H,25,30)(H,26,32)(H,27,28)/t15-,17-,18-/m0/s1. The number of nitrogens with one attached hydrogen (secondary N) is 3. The molecule has 0 bridgehead atoms. The number of carboxylic acids is 1.